The van der Waals surface area contributed by atoms with Crippen molar-refractivity contribution in [3.05, 3.63) is 53.9 Å². The maximum atomic E-state index is 13.6. The fourth-order valence-electron chi connectivity index (χ4n) is 2.52. The topological polar surface area (TPSA) is 70.6 Å². The van der Waals surface area contributed by atoms with E-state index in [2.05, 4.69) is 19.9 Å². The number of aromatic nitrogens is 2. The molecule has 3 rings (SSSR count). The Balaban J connectivity index is 0.00000225. The zero-order chi connectivity index (χ0) is 16.9. The predicted octanol–water partition coefficient (Wildman–Crippen LogP) is 2.01. The molecule has 0 aliphatic carbocycles. The van der Waals surface area contributed by atoms with E-state index in [1.807, 2.05) is 4.90 Å². The molecule has 1 aliphatic heterocycles. The number of nitrogens with two attached hydrogens (primary N) is 1. The van der Waals surface area contributed by atoms with Crippen molar-refractivity contribution in [3.63, 3.8) is 0 Å². The van der Waals surface area contributed by atoms with Gasteiger partial charge in [-0.3, -0.25) is 0 Å². The highest BCUT2D eigenvalue weighted by molar-refractivity contribution is 14.0. The minimum Gasteiger partial charge on any atom is -0.370 e. The molecule has 0 amide bonds. The van der Waals surface area contributed by atoms with Gasteiger partial charge in [0.1, 0.15) is 11.6 Å². The van der Waals surface area contributed by atoms with E-state index in [4.69, 9.17) is 5.73 Å². The molecule has 1 saturated heterocycles. The van der Waals surface area contributed by atoms with Crippen LogP contribution in [0.4, 0.5) is 14.7 Å². The molecule has 9 heteroatoms. The smallest absolute Gasteiger partial charge is 0.225 e. The van der Waals surface area contributed by atoms with E-state index < -0.39 is 11.6 Å². The first-order valence-corrected chi connectivity index (χ1v) is 7.64. The van der Waals surface area contributed by atoms with Crippen LogP contribution in [0.2, 0.25) is 0 Å². The number of anilines is 1. The van der Waals surface area contributed by atoms with Gasteiger partial charge in [0.25, 0.3) is 0 Å². The summed E-state index contributed by atoms with van der Waals surface area (Å²) in [5.41, 5.74) is 6.17. The second kappa shape index (κ2) is 8.88. The summed E-state index contributed by atoms with van der Waals surface area (Å²) in [5.74, 6) is 0.0393. The Hall–Kier alpha value is -2.04. The Morgan fingerprint density at radius 1 is 1.12 bits per heavy atom. The van der Waals surface area contributed by atoms with Crippen molar-refractivity contribution in [2.75, 3.05) is 31.1 Å². The Morgan fingerprint density at radius 2 is 1.80 bits per heavy atom. The highest BCUT2D eigenvalue weighted by Crippen LogP contribution is 2.12. The molecule has 1 aromatic heterocycles. The Bertz CT molecular complexity index is 720. The average Bonchev–Trinajstić information content (AvgIpc) is 2.63. The lowest BCUT2D eigenvalue weighted by molar-refractivity contribution is 0.378. The highest BCUT2D eigenvalue weighted by Gasteiger charge is 2.19. The number of halogens is 3. The second-order valence-corrected chi connectivity index (χ2v) is 5.43. The number of nitrogens with zero attached hydrogens (tertiary/aromatic N) is 5. The van der Waals surface area contributed by atoms with E-state index in [-0.39, 0.29) is 36.1 Å². The first kappa shape index (κ1) is 19.3. The number of hydrogen-bond donors (Lipinski definition) is 1. The summed E-state index contributed by atoms with van der Waals surface area (Å²) < 4.78 is 26.7. The third kappa shape index (κ3) is 4.97. The number of hydrogen-bond acceptors (Lipinski definition) is 4. The normalized spacial score (nSPS) is 15.0. The Labute approximate surface area is 161 Å². The molecule has 134 valence electrons. The van der Waals surface area contributed by atoms with Gasteiger partial charge in [-0.15, -0.1) is 24.0 Å². The molecule has 0 saturated carbocycles. The number of benzene rings is 1. The first-order chi connectivity index (χ1) is 11.6. The SMILES string of the molecule is I.NC(=NCc1cc(F)ccc1F)N1CCN(c2ncccn2)CC1. The van der Waals surface area contributed by atoms with Crippen molar-refractivity contribution in [2.24, 2.45) is 10.7 Å². The second-order valence-electron chi connectivity index (χ2n) is 5.43. The Kier molecular flexibility index (Phi) is 6.85. The van der Waals surface area contributed by atoms with Crippen LogP contribution < -0.4 is 10.6 Å². The molecular formula is C16H19F2IN6. The van der Waals surface area contributed by atoms with E-state index in [9.17, 15) is 8.78 Å². The summed E-state index contributed by atoms with van der Waals surface area (Å²) in [5, 5.41) is 0. The van der Waals surface area contributed by atoms with Gasteiger partial charge in [-0.2, -0.15) is 0 Å². The molecule has 0 bridgehead atoms. The molecular weight excluding hydrogens is 441 g/mol. The zero-order valence-corrected chi connectivity index (χ0v) is 15.8. The molecule has 2 heterocycles. The molecule has 0 atom stereocenters. The molecule has 1 fully saturated rings. The van der Waals surface area contributed by atoms with E-state index in [0.717, 1.165) is 18.2 Å². The van der Waals surface area contributed by atoms with Crippen molar-refractivity contribution in [1.29, 1.82) is 0 Å². The summed E-state index contributed by atoms with van der Waals surface area (Å²) in [6.07, 6.45) is 3.41. The van der Waals surface area contributed by atoms with Crippen LogP contribution in [0.25, 0.3) is 0 Å². The third-order valence-corrected chi connectivity index (χ3v) is 3.86. The highest BCUT2D eigenvalue weighted by atomic mass is 127. The zero-order valence-electron chi connectivity index (χ0n) is 13.5. The summed E-state index contributed by atoms with van der Waals surface area (Å²) >= 11 is 0. The van der Waals surface area contributed by atoms with Gasteiger partial charge in [-0.1, -0.05) is 0 Å². The monoisotopic (exact) mass is 460 g/mol. The van der Waals surface area contributed by atoms with Crippen LogP contribution in [0.15, 0.2) is 41.7 Å². The van der Waals surface area contributed by atoms with Crippen LogP contribution in [0.1, 0.15) is 5.56 Å². The van der Waals surface area contributed by atoms with Gasteiger partial charge >= 0.3 is 0 Å². The fourth-order valence-corrected chi connectivity index (χ4v) is 2.52. The van der Waals surface area contributed by atoms with Crippen LogP contribution in [0.3, 0.4) is 0 Å². The maximum absolute atomic E-state index is 13.6. The Morgan fingerprint density at radius 3 is 2.48 bits per heavy atom. The third-order valence-electron chi connectivity index (χ3n) is 3.86. The van der Waals surface area contributed by atoms with Crippen molar-refractivity contribution in [3.8, 4) is 0 Å². The van der Waals surface area contributed by atoms with Crippen molar-refractivity contribution in [1.82, 2.24) is 14.9 Å². The minimum atomic E-state index is -0.489. The van der Waals surface area contributed by atoms with E-state index in [0.29, 0.717) is 38.1 Å². The molecule has 25 heavy (non-hydrogen) atoms. The summed E-state index contributed by atoms with van der Waals surface area (Å²) in [6, 6.07) is 5.08. The largest absolute Gasteiger partial charge is 0.370 e. The molecule has 1 aromatic carbocycles. The number of piperazine rings is 1. The average molecular weight is 460 g/mol. The minimum absolute atomic E-state index is 0. The van der Waals surface area contributed by atoms with Crippen LogP contribution in [0.5, 0.6) is 0 Å². The van der Waals surface area contributed by atoms with E-state index in [1.165, 1.54) is 0 Å². The molecule has 0 unspecified atom stereocenters. The lowest BCUT2D eigenvalue weighted by Gasteiger charge is -2.35. The van der Waals surface area contributed by atoms with E-state index in [1.54, 1.807) is 18.5 Å². The molecule has 2 N–H and O–H groups in total. The van der Waals surface area contributed by atoms with Crippen LogP contribution >= 0.6 is 24.0 Å². The standard InChI is InChI=1S/C16H18F2N6.HI/c17-13-2-3-14(18)12(10-13)11-22-15(19)23-6-8-24(9-7-23)16-20-4-1-5-21-16;/h1-5,10H,6-9,11H2,(H2,19,22);1H. The van der Waals surface area contributed by atoms with Crippen LogP contribution in [-0.4, -0.2) is 47.0 Å². The molecule has 2 aromatic rings. The van der Waals surface area contributed by atoms with Gasteiger partial charge in [0.2, 0.25) is 5.95 Å². The maximum Gasteiger partial charge on any atom is 0.225 e. The summed E-state index contributed by atoms with van der Waals surface area (Å²) in [6.45, 7) is 2.78. The number of aliphatic imine (C=N–C) groups is 1. The first-order valence-electron chi connectivity index (χ1n) is 7.64. The van der Waals surface area contributed by atoms with Gasteiger partial charge in [-0.05, 0) is 24.3 Å². The van der Waals surface area contributed by atoms with E-state index >= 15 is 0 Å². The fraction of sp³-hybridized carbons (Fsp3) is 0.312. The van der Waals surface area contributed by atoms with Crippen molar-refractivity contribution < 1.29 is 8.78 Å². The van der Waals surface area contributed by atoms with Gasteiger partial charge in [0.15, 0.2) is 5.96 Å². The molecule has 6 nitrogen and oxygen atoms in total. The van der Waals surface area contributed by atoms with Crippen LogP contribution in [-0.2, 0) is 6.54 Å². The predicted molar refractivity (Wildman–Crippen MR) is 103 cm³/mol. The molecule has 0 spiro atoms. The number of rotatable bonds is 3. The quantitative estimate of drug-likeness (QED) is 0.431. The van der Waals surface area contributed by atoms with Gasteiger partial charge < -0.3 is 15.5 Å². The van der Waals surface area contributed by atoms with Crippen LogP contribution in [0, 0.1) is 11.6 Å². The van der Waals surface area contributed by atoms with Gasteiger partial charge in [0, 0.05) is 44.1 Å². The van der Waals surface area contributed by atoms with Crippen molar-refractivity contribution >= 4 is 35.9 Å². The molecule has 1 aliphatic rings. The number of guanidine groups is 1. The lowest BCUT2D eigenvalue weighted by Crippen LogP contribution is -2.51. The lowest BCUT2D eigenvalue weighted by atomic mass is 10.2. The summed E-state index contributed by atoms with van der Waals surface area (Å²) in [4.78, 5) is 16.6. The summed E-state index contributed by atoms with van der Waals surface area (Å²) in [7, 11) is 0. The van der Waals surface area contributed by atoms with Gasteiger partial charge in [0.05, 0.1) is 6.54 Å². The van der Waals surface area contributed by atoms with Gasteiger partial charge in [-0.25, -0.2) is 23.7 Å². The van der Waals surface area contributed by atoms with Crippen molar-refractivity contribution in [2.45, 2.75) is 6.54 Å². The molecule has 0 radical (unpaired) electrons.